The fourth-order valence-electron chi connectivity index (χ4n) is 2.46. The lowest BCUT2D eigenvalue weighted by Crippen LogP contribution is -2.45. The van der Waals surface area contributed by atoms with Crippen molar-refractivity contribution in [3.8, 4) is 0 Å². The van der Waals surface area contributed by atoms with E-state index < -0.39 is 65.8 Å². The van der Waals surface area contributed by atoms with Gasteiger partial charge in [-0.25, -0.2) is 19.2 Å². The third-order valence-corrected chi connectivity index (χ3v) is 4.24. The largest absolute Gasteiger partial charge is 0.481 e. The van der Waals surface area contributed by atoms with Crippen LogP contribution in [0.25, 0.3) is 0 Å². The number of ether oxygens (including phenoxy) is 5. The lowest BCUT2D eigenvalue weighted by molar-refractivity contribution is -0.148. The van der Waals surface area contributed by atoms with Crippen LogP contribution in [0.5, 0.6) is 0 Å². The number of rotatable bonds is 10. The van der Waals surface area contributed by atoms with Crippen LogP contribution >= 0.6 is 0 Å². The van der Waals surface area contributed by atoms with Gasteiger partial charge >= 0.3 is 36.1 Å². The van der Waals surface area contributed by atoms with E-state index >= 15 is 0 Å². The maximum Gasteiger partial charge on any atom is 0.408 e. The molecule has 3 atom stereocenters. The summed E-state index contributed by atoms with van der Waals surface area (Å²) in [6, 6.07) is -2.34. The number of nitrogens with one attached hydrogen (secondary N) is 2. The summed E-state index contributed by atoms with van der Waals surface area (Å²) in [6.07, 6.45) is 0.0368. The zero-order valence-corrected chi connectivity index (χ0v) is 26.1. The number of carboxylic acids is 1. The number of methoxy groups -OCH3 is 3. The zero-order chi connectivity index (χ0) is 33.0. The molecule has 41 heavy (non-hydrogen) atoms. The highest BCUT2D eigenvalue weighted by Gasteiger charge is 2.27. The Hall–Kier alpha value is -3.62. The molecule has 2 amide bonds. The third kappa shape index (κ3) is 25.1. The number of carbonyl (C=O) groups is 6. The first-order valence-electron chi connectivity index (χ1n) is 12.9. The number of hydrogen-bond donors (Lipinski definition) is 4. The number of alkyl carbamates (subject to hydrolysis) is 2. The Morgan fingerprint density at radius 1 is 0.707 bits per heavy atom. The van der Waals surface area contributed by atoms with E-state index in [2.05, 4.69) is 24.8 Å². The summed E-state index contributed by atoms with van der Waals surface area (Å²) in [5.74, 6) is -2.85. The fraction of sp³-hybridized carbons (Fsp3) is 0.769. The van der Waals surface area contributed by atoms with Crippen LogP contribution in [-0.2, 0) is 42.9 Å². The number of nitrogens with two attached hydrogens (primary N) is 1. The van der Waals surface area contributed by atoms with E-state index in [0.29, 0.717) is 12.8 Å². The summed E-state index contributed by atoms with van der Waals surface area (Å²) in [4.78, 5) is 66.0. The van der Waals surface area contributed by atoms with Crippen LogP contribution in [0.4, 0.5) is 9.59 Å². The van der Waals surface area contributed by atoms with E-state index in [-0.39, 0.29) is 5.97 Å². The number of aliphatic carboxylic acids is 1. The second-order valence-corrected chi connectivity index (χ2v) is 10.4. The van der Waals surface area contributed by atoms with E-state index in [9.17, 15) is 28.8 Å². The van der Waals surface area contributed by atoms with Crippen molar-refractivity contribution in [3.63, 3.8) is 0 Å². The molecular weight excluding hydrogens is 546 g/mol. The Labute approximate surface area is 242 Å². The number of esters is 3. The molecular formula is C26H49N3O12. The highest BCUT2D eigenvalue weighted by Crippen LogP contribution is 2.08. The average Bonchev–Trinajstić information content (AvgIpc) is 2.83. The molecule has 15 nitrogen and oxygen atoms in total. The number of carboxylic acid groups (broad SMARTS) is 1. The second kappa shape index (κ2) is 21.2. The van der Waals surface area contributed by atoms with Crippen LogP contribution in [0.1, 0.15) is 81.1 Å². The van der Waals surface area contributed by atoms with Crippen LogP contribution in [0.15, 0.2) is 0 Å². The van der Waals surface area contributed by atoms with Gasteiger partial charge in [-0.15, -0.1) is 0 Å². The van der Waals surface area contributed by atoms with Gasteiger partial charge in [0, 0.05) is 0 Å². The van der Waals surface area contributed by atoms with Crippen molar-refractivity contribution in [2.45, 2.75) is 110 Å². The van der Waals surface area contributed by atoms with Gasteiger partial charge in [0.1, 0.15) is 29.3 Å². The first-order valence-corrected chi connectivity index (χ1v) is 12.9. The lowest BCUT2D eigenvalue weighted by atomic mass is 10.2. The molecule has 0 aliphatic heterocycles. The minimum absolute atomic E-state index is 0.322. The molecule has 0 fully saturated rings. The Bertz CT molecular complexity index is 835. The van der Waals surface area contributed by atoms with Crippen molar-refractivity contribution in [1.82, 2.24) is 10.6 Å². The van der Waals surface area contributed by atoms with Crippen LogP contribution in [0.3, 0.4) is 0 Å². The molecule has 0 unspecified atom stereocenters. The van der Waals surface area contributed by atoms with Crippen LogP contribution in [-0.4, -0.2) is 91.8 Å². The normalized spacial score (nSPS) is 12.7. The van der Waals surface area contributed by atoms with Crippen LogP contribution in [0.2, 0.25) is 0 Å². The Morgan fingerprint density at radius 3 is 1.37 bits per heavy atom. The highest BCUT2D eigenvalue weighted by molar-refractivity contribution is 5.85. The Balaban J connectivity index is -0.000000553. The maximum atomic E-state index is 11.3. The van der Waals surface area contributed by atoms with Crippen molar-refractivity contribution in [3.05, 3.63) is 0 Å². The summed E-state index contributed by atoms with van der Waals surface area (Å²) < 4.78 is 23.2. The molecule has 0 aliphatic carbocycles. The van der Waals surface area contributed by atoms with E-state index in [0.717, 1.165) is 13.5 Å². The zero-order valence-electron chi connectivity index (χ0n) is 26.1. The molecule has 0 aliphatic rings. The minimum atomic E-state index is -1.26. The summed E-state index contributed by atoms with van der Waals surface area (Å²) >= 11 is 0. The van der Waals surface area contributed by atoms with E-state index in [1.54, 1.807) is 48.5 Å². The van der Waals surface area contributed by atoms with Crippen molar-refractivity contribution in [1.29, 1.82) is 0 Å². The molecule has 15 heteroatoms. The summed E-state index contributed by atoms with van der Waals surface area (Å²) in [6.45, 7) is 14.0. The van der Waals surface area contributed by atoms with Gasteiger partial charge in [0.05, 0.1) is 27.8 Å². The summed E-state index contributed by atoms with van der Waals surface area (Å²) in [7, 11) is 3.73. The molecule has 0 heterocycles. The van der Waals surface area contributed by atoms with Gasteiger partial charge in [-0.3, -0.25) is 9.59 Å². The van der Waals surface area contributed by atoms with E-state index in [4.69, 9.17) is 20.3 Å². The molecule has 0 rings (SSSR count). The monoisotopic (exact) mass is 595 g/mol. The van der Waals surface area contributed by atoms with Crippen molar-refractivity contribution < 1.29 is 57.6 Å². The first kappa shape index (κ1) is 41.9. The molecule has 0 bridgehead atoms. The maximum absolute atomic E-state index is 11.3. The molecule has 240 valence electrons. The fourth-order valence-corrected chi connectivity index (χ4v) is 2.46. The summed E-state index contributed by atoms with van der Waals surface area (Å²) in [5, 5.41) is 13.2. The van der Waals surface area contributed by atoms with Gasteiger partial charge in [-0.05, 0) is 54.4 Å². The number of carbonyl (C=O) groups excluding carboxylic acids is 5. The van der Waals surface area contributed by atoms with Crippen LogP contribution < -0.4 is 16.4 Å². The molecule has 0 radical (unpaired) electrons. The standard InChI is InChI=1S/C10H17NO6.C10H19NO4.C6H13NO2/c1-10(2,3)17-9(15)11-6(5-7(12)13)8(14)16-4;1-6-7(8(12)14-5)11-9(13)15-10(2,3)4;1-3-4-5(7)6(8)9-2/h6H,5H2,1-4H3,(H,11,15)(H,12,13);7H,6H2,1-5H3,(H,11,13);5H,3-4,7H2,1-2H3/t6-;7-;5-/m000/s1. The smallest absolute Gasteiger partial charge is 0.408 e. The van der Waals surface area contributed by atoms with Crippen molar-refractivity contribution >= 4 is 36.1 Å². The van der Waals surface area contributed by atoms with Crippen molar-refractivity contribution in [2.24, 2.45) is 5.73 Å². The van der Waals surface area contributed by atoms with Crippen molar-refractivity contribution in [2.75, 3.05) is 21.3 Å². The quantitative estimate of drug-likeness (QED) is 0.211. The molecule has 5 N–H and O–H groups in total. The molecule has 0 aromatic carbocycles. The second-order valence-electron chi connectivity index (χ2n) is 10.4. The molecule has 0 saturated heterocycles. The predicted molar refractivity (Wildman–Crippen MR) is 148 cm³/mol. The van der Waals surface area contributed by atoms with Crippen LogP contribution in [0, 0.1) is 0 Å². The minimum Gasteiger partial charge on any atom is -0.481 e. The van der Waals surface area contributed by atoms with Gasteiger partial charge in [-0.2, -0.15) is 0 Å². The predicted octanol–water partition coefficient (Wildman–Crippen LogP) is 2.28. The van der Waals surface area contributed by atoms with E-state index in [1.807, 2.05) is 6.92 Å². The van der Waals surface area contributed by atoms with Gasteiger partial charge in [0.15, 0.2) is 0 Å². The highest BCUT2D eigenvalue weighted by atomic mass is 16.6. The molecule has 0 aromatic rings. The Morgan fingerprint density at radius 2 is 1.07 bits per heavy atom. The molecule has 0 aromatic heterocycles. The first-order chi connectivity index (χ1) is 18.7. The number of hydrogen-bond acceptors (Lipinski definition) is 12. The van der Waals surface area contributed by atoms with E-state index in [1.165, 1.54) is 14.2 Å². The SMILES string of the molecule is CCC[C@H](N)C(=O)OC.CC[C@H](NC(=O)OC(C)(C)C)C(=O)OC.COC(=O)[C@H](CC(=O)O)NC(=O)OC(C)(C)C. The lowest BCUT2D eigenvalue weighted by Gasteiger charge is -2.22. The van der Waals surface area contributed by atoms with Gasteiger partial charge in [0.2, 0.25) is 0 Å². The topological polar surface area (TPSA) is 219 Å². The van der Waals surface area contributed by atoms with Gasteiger partial charge < -0.3 is 45.2 Å². The molecule has 0 spiro atoms. The third-order valence-electron chi connectivity index (χ3n) is 4.24. The average molecular weight is 596 g/mol. The molecule has 0 saturated carbocycles. The van der Waals surface area contributed by atoms with Gasteiger partial charge in [-0.1, -0.05) is 20.3 Å². The van der Waals surface area contributed by atoms with Gasteiger partial charge in [0.25, 0.3) is 0 Å². The Kier molecular flexibility index (Phi) is 21.6. The summed E-state index contributed by atoms with van der Waals surface area (Å²) in [5.41, 5.74) is 4.06. The number of amides is 2.